The Bertz CT molecular complexity index is 1540. The number of carbonyl (C=O) groups excluding carboxylic acids is 4. The summed E-state index contributed by atoms with van der Waals surface area (Å²) in [6.45, 7) is 18.2. The lowest BCUT2D eigenvalue weighted by Gasteiger charge is -2.38. The third kappa shape index (κ3) is 13.7. The van der Waals surface area contributed by atoms with Gasteiger partial charge in [-0.2, -0.15) is 0 Å². The number of carbonyl (C=O) groups is 5. The number of thiazole rings is 1. The Kier molecular flexibility index (Phi) is 17.6. The van der Waals surface area contributed by atoms with Gasteiger partial charge < -0.3 is 30.5 Å². The van der Waals surface area contributed by atoms with E-state index in [1.807, 2.05) is 71.9 Å². The van der Waals surface area contributed by atoms with Crippen molar-refractivity contribution in [2.75, 3.05) is 14.1 Å². The van der Waals surface area contributed by atoms with E-state index in [1.54, 1.807) is 45.0 Å². The highest BCUT2D eigenvalue weighted by Crippen LogP contribution is 2.28. The average Bonchev–Trinajstić information content (AvgIpc) is 3.59. The van der Waals surface area contributed by atoms with Crippen molar-refractivity contribution >= 4 is 41.1 Å². The Balaban J connectivity index is 2.24. The van der Waals surface area contributed by atoms with E-state index in [1.165, 1.54) is 11.9 Å². The van der Waals surface area contributed by atoms with E-state index in [4.69, 9.17) is 4.74 Å². The van der Waals surface area contributed by atoms with Crippen LogP contribution in [0.1, 0.15) is 116 Å². The molecule has 0 spiro atoms. The fourth-order valence-corrected chi connectivity index (χ4v) is 7.11. The zero-order valence-corrected chi connectivity index (χ0v) is 34.9. The zero-order chi connectivity index (χ0) is 41.1. The van der Waals surface area contributed by atoms with Gasteiger partial charge in [-0.15, -0.1) is 11.3 Å². The maximum Gasteiger partial charge on any atom is 0.410 e. The molecule has 7 atom stereocenters. The summed E-state index contributed by atoms with van der Waals surface area (Å²) in [6, 6.07) is 6.78. The van der Waals surface area contributed by atoms with Gasteiger partial charge in [-0.25, -0.2) is 9.78 Å². The van der Waals surface area contributed by atoms with Crippen LogP contribution < -0.4 is 10.6 Å². The van der Waals surface area contributed by atoms with Gasteiger partial charge in [0.1, 0.15) is 34.5 Å². The van der Waals surface area contributed by atoms with Crippen LogP contribution in [0.2, 0.25) is 0 Å². The number of aromatic nitrogens is 1. The van der Waals surface area contributed by atoms with Crippen molar-refractivity contribution in [1.29, 1.82) is 0 Å². The van der Waals surface area contributed by atoms with Gasteiger partial charge in [0.2, 0.25) is 11.8 Å². The number of carboxylic acid groups (broad SMARTS) is 1. The molecular formula is C40H63N5O8S. The quantitative estimate of drug-likeness (QED) is 0.135. The molecule has 2 rings (SSSR count). The lowest BCUT2D eigenvalue weighted by Crippen LogP contribution is -2.59. The van der Waals surface area contributed by atoms with Crippen LogP contribution in [0.4, 0.5) is 4.79 Å². The summed E-state index contributed by atoms with van der Waals surface area (Å²) in [5.74, 6) is -3.52. The maximum absolute atomic E-state index is 14.2. The van der Waals surface area contributed by atoms with E-state index in [0.29, 0.717) is 17.8 Å². The number of ether oxygens (including phenoxy) is 1. The van der Waals surface area contributed by atoms with E-state index in [-0.39, 0.29) is 42.2 Å². The Labute approximate surface area is 325 Å². The zero-order valence-electron chi connectivity index (χ0n) is 34.1. The van der Waals surface area contributed by atoms with Crippen molar-refractivity contribution in [2.45, 2.75) is 131 Å². The molecule has 0 fully saturated rings. The standard InChI is InChI=1S/C40H63N5O8S/c1-13-25(6)32(43-35(48)33(24(4)5)45(12)39(52)53-40(8,9)10)37(49)44(11)30(23(2)3)21-31(46)36-42-29(22-54-36)34(47)41-28(19-26(7)38(50)51)20-27-17-15-14-16-18-27/h14-18,22-26,28,30-33,46H,13,19-21H2,1-12H3,(H,41,47)(H,43,48)(H,50,51)/t25-,26-,28+,30+,31+,32-,33+/m0/s1. The largest absolute Gasteiger partial charge is 0.481 e. The first-order valence-corrected chi connectivity index (χ1v) is 19.7. The number of likely N-dealkylation sites (N-methyl/N-ethyl adjacent to an activating group) is 2. The highest BCUT2D eigenvalue weighted by molar-refractivity contribution is 7.09. The van der Waals surface area contributed by atoms with Crippen LogP contribution in [0, 0.1) is 23.7 Å². The minimum absolute atomic E-state index is 0.0960. The van der Waals surface area contributed by atoms with Crippen molar-refractivity contribution in [3.05, 3.63) is 52.0 Å². The Morgan fingerprint density at radius 1 is 0.907 bits per heavy atom. The molecule has 0 aliphatic rings. The molecule has 0 aliphatic heterocycles. The van der Waals surface area contributed by atoms with Gasteiger partial charge in [-0.3, -0.25) is 24.1 Å². The van der Waals surface area contributed by atoms with Crippen molar-refractivity contribution in [2.24, 2.45) is 23.7 Å². The molecule has 302 valence electrons. The summed E-state index contributed by atoms with van der Waals surface area (Å²) in [7, 11) is 3.16. The molecule has 1 aromatic carbocycles. The highest BCUT2D eigenvalue weighted by Gasteiger charge is 2.38. The fourth-order valence-electron chi connectivity index (χ4n) is 6.31. The SMILES string of the molecule is CC[C@H](C)[C@H](NC(=O)[C@@H](C(C)C)N(C)C(=O)OC(C)(C)C)C(=O)N(C)[C@H](C[C@@H](O)c1nc(C(=O)N[C@@H](Cc2ccccc2)C[C@H](C)C(=O)O)cs1)C(C)C. The number of amides is 4. The van der Waals surface area contributed by atoms with Crippen LogP contribution in [0.3, 0.4) is 0 Å². The van der Waals surface area contributed by atoms with Gasteiger partial charge in [0.05, 0.1) is 5.92 Å². The normalized spacial score (nSPS) is 15.7. The number of carboxylic acids is 1. The summed E-state index contributed by atoms with van der Waals surface area (Å²) >= 11 is 1.13. The van der Waals surface area contributed by atoms with Crippen molar-refractivity contribution < 1.29 is 38.9 Å². The number of hydrogen-bond acceptors (Lipinski definition) is 9. The molecular weight excluding hydrogens is 711 g/mol. The topological polar surface area (TPSA) is 178 Å². The lowest BCUT2D eigenvalue weighted by molar-refractivity contribution is -0.141. The number of hydrogen-bond donors (Lipinski definition) is 4. The van der Waals surface area contributed by atoms with Crippen LogP contribution in [-0.4, -0.2) is 98.6 Å². The van der Waals surface area contributed by atoms with Crippen LogP contribution >= 0.6 is 11.3 Å². The molecule has 14 heteroatoms. The minimum atomic E-state index is -1.10. The van der Waals surface area contributed by atoms with E-state index in [2.05, 4.69) is 15.6 Å². The summed E-state index contributed by atoms with van der Waals surface area (Å²) < 4.78 is 5.51. The first kappa shape index (κ1) is 46.1. The number of nitrogens with one attached hydrogen (secondary N) is 2. The molecule has 1 aromatic heterocycles. The maximum atomic E-state index is 14.2. The predicted octanol–water partition coefficient (Wildman–Crippen LogP) is 5.92. The number of aliphatic hydroxyl groups is 1. The predicted molar refractivity (Wildman–Crippen MR) is 210 cm³/mol. The summed E-state index contributed by atoms with van der Waals surface area (Å²) in [4.78, 5) is 73.1. The molecule has 4 amide bonds. The lowest BCUT2D eigenvalue weighted by atomic mass is 9.92. The number of nitrogens with zero attached hydrogens (tertiary/aromatic N) is 3. The van der Waals surface area contributed by atoms with Gasteiger partial charge in [0.15, 0.2) is 0 Å². The Hall–Kier alpha value is -4.04. The highest BCUT2D eigenvalue weighted by atomic mass is 32.1. The molecule has 54 heavy (non-hydrogen) atoms. The molecule has 0 bridgehead atoms. The van der Waals surface area contributed by atoms with Crippen LogP contribution in [0.25, 0.3) is 0 Å². The van der Waals surface area contributed by atoms with Crippen LogP contribution in [0.5, 0.6) is 0 Å². The second-order valence-corrected chi connectivity index (χ2v) is 17.0. The average molecular weight is 774 g/mol. The van der Waals surface area contributed by atoms with E-state index in [0.717, 1.165) is 16.9 Å². The van der Waals surface area contributed by atoms with Crippen molar-refractivity contribution in [1.82, 2.24) is 25.4 Å². The van der Waals surface area contributed by atoms with Crippen molar-refractivity contribution in [3.63, 3.8) is 0 Å². The van der Waals surface area contributed by atoms with Crippen LogP contribution in [-0.2, 0) is 25.5 Å². The van der Waals surface area contributed by atoms with Gasteiger partial charge in [-0.1, -0.05) is 85.2 Å². The molecule has 13 nitrogen and oxygen atoms in total. The second kappa shape index (κ2) is 20.6. The van der Waals surface area contributed by atoms with Gasteiger partial charge in [-0.05, 0) is 56.9 Å². The van der Waals surface area contributed by atoms with E-state index < -0.39 is 65.7 Å². The Morgan fingerprint density at radius 3 is 2.04 bits per heavy atom. The third-order valence-electron chi connectivity index (χ3n) is 9.61. The van der Waals surface area contributed by atoms with Gasteiger partial charge >= 0.3 is 12.1 Å². The molecule has 0 saturated carbocycles. The molecule has 0 radical (unpaired) electrons. The summed E-state index contributed by atoms with van der Waals surface area (Å²) in [5, 5.41) is 28.6. The molecule has 0 unspecified atom stereocenters. The smallest absolute Gasteiger partial charge is 0.410 e. The van der Waals surface area contributed by atoms with Gasteiger partial charge in [0.25, 0.3) is 5.91 Å². The minimum Gasteiger partial charge on any atom is -0.481 e. The number of rotatable bonds is 19. The fraction of sp³-hybridized carbons (Fsp3) is 0.650. The molecule has 1 heterocycles. The molecule has 2 aromatic rings. The van der Waals surface area contributed by atoms with E-state index in [9.17, 15) is 34.2 Å². The first-order chi connectivity index (χ1) is 25.1. The van der Waals surface area contributed by atoms with Crippen molar-refractivity contribution in [3.8, 4) is 0 Å². The summed E-state index contributed by atoms with van der Waals surface area (Å²) in [5.41, 5.74) is 0.310. The van der Waals surface area contributed by atoms with E-state index >= 15 is 0 Å². The first-order valence-electron chi connectivity index (χ1n) is 18.8. The number of benzene rings is 1. The number of aliphatic carboxylic acids is 1. The molecule has 0 aliphatic carbocycles. The monoisotopic (exact) mass is 773 g/mol. The number of aliphatic hydroxyl groups excluding tert-OH is 1. The molecule has 0 saturated heterocycles. The molecule has 4 N–H and O–H groups in total. The van der Waals surface area contributed by atoms with Crippen LogP contribution in [0.15, 0.2) is 35.7 Å². The Morgan fingerprint density at radius 2 is 1.52 bits per heavy atom. The van der Waals surface area contributed by atoms with Gasteiger partial charge in [0, 0.05) is 38.0 Å². The summed E-state index contributed by atoms with van der Waals surface area (Å²) in [6.07, 6.45) is -0.357. The third-order valence-corrected chi connectivity index (χ3v) is 10.6. The second-order valence-electron chi connectivity index (χ2n) is 16.1.